The third-order valence-electron chi connectivity index (χ3n) is 13.7. The number of piperidine rings is 3. The second-order valence-corrected chi connectivity index (χ2v) is 19.3. The minimum atomic E-state index is 0.706. The van der Waals surface area contributed by atoms with Crippen molar-refractivity contribution in [3.05, 3.63) is 30.2 Å². The largest absolute Gasteiger partial charge is 0.349 e. The fourth-order valence-electron chi connectivity index (χ4n) is 10.6. The summed E-state index contributed by atoms with van der Waals surface area (Å²) in [6.07, 6.45) is 22.6. The number of fused-ring (bicyclic) bond motifs is 6. The molecule has 9 rings (SSSR count). The first-order valence-corrected chi connectivity index (χ1v) is 22.4. The summed E-state index contributed by atoms with van der Waals surface area (Å²) in [6.45, 7) is 18.3. The number of hydrogen-bond donors (Lipinski definition) is 0. The van der Waals surface area contributed by atoms with Crippen LogP contribution in [0.2, 0.25) is 0 Å². The maximum atomic E-state index is 4.70. The van der Waals surface area contributed by atoms with E-state index in [0.29, 0.717) is 12.1 Å². The van der Waals surface area contributed by atoms with E-state index in [9.17, 15) is 0 Å². The minimum absolute atomic E-state index is 0.706. The van der Waals surface area contributed by atoms with E-state index >= 15 is 0 Å². The predicted octanol–water partition coefficient (Wildman–Crippen LogP) is 9.63. The van der Waals surface area contributed by atoms with Crippen molar-refractivity contribution >= 4 is 39.1 Å². The van der Waals surface area contributed by atoms with Crippen LogP contribution in [-0.2, 0) is 6.42 Å². The summed E-state index contributed by atoms with van der Waals surface area (Å²) in [4.78, 5) is 25.7. The highest BCUT2D eigenvalue weighted by Gasteiger charge is 2.44. The molecular weight excluding hydrogens is 683 g/mol. The zero-order chi connectivity index (χ0) is 36.5. The molecule has 3 aromatic rings. The summed E-state index contributed by atoms with van der Waals surface area (Å²) in [6, 6.07) is 4.33. The number of aryl methyl sites for hydroxylation is 2. The van der Waals surface area contributed by atoms with Gasteiger partial charge in [-0.3, -0.25) is 4.98 Å². The molecule has 0 N–H and O–H groups in total. The third kappa shape index (κ3) is 8.15. The van der Waals surface area contributed by atoms with Gasteiger partial charge in [-0.25, -0.2) is 15.0 Å². The molecule has 9 nitrogen and oxygen atoms in total. The normalized spacial score (nSPS) is 32.0. The van der Waals surface area contributed by atoms with E-state index in [1.807, 2.05) is 19.3 Å². The molecule has 3 aromatic heterocycles. The number of hydrogen-bond acceptors (Lipinski definition) is 11. The quantitative estimate of drug-likeness (QED) is 0.235. The molecule has 0 saturated carbocycles. The van der Waals surface area contributed by atoms with Crippen molar-refractivity contribution in [3.63, 3.8) is 0 Å². The minimum Gasteiger partial charge on any atom is -0.349 e. The Labute approximate surface area is 322 Å². The van der Waals surface area contributed by atoms with Crippen LogP contribution in [0.15, 0.2) is 18.6 Å². The number of nitrogens with zero attached hydrogens (tertiary/aromatic N) is 9. The van der Waals surface area contributed by atoms with Gasteiger partial charge >= 0.3 is 0 Å². The summed E-state index contributed by atoms with van der Waals surface area (Å²) >= 11 is 3.18. The Bertz CT molecular complexity index is 1520. The fraction of sp³-hybridized carbons (Fsp3) is 0.805. The molecule has 286 valence electrons. The molecule has 0 aliphatic carbocycles. The second kappa shape index (κ2) is 16.5. The number of rotatable bonds is 7. The topological polar surface area (TPSA) is 87.1 Å². The zero-order valence-electron chi connectivity index (χ0n) is 33.2. The molecule has 0 radical (unpaired) electrons. The van der Waals surface area contributed by atoms with Gasteiger partial charge in [0.1, 0.15) is 17.5 Å². The lowest BCUT2D eigenvalue weighted by Gasteiger charge is -2.41. The van der Waals surface area contributed by atoms with Gasteiger partial charge in [-0.1, -0.05) is 48.5 Å². The molecule has 6 saturated heterocycles. The van der Waals surface area contributed by atoms with Gasteiger partial charge in [-0.2, -0.15) is 8.75 Å². The van der Waals surface area contributed by atoms with Crippen LogP contribution in [0.3, 0.4) is 0 Å². The molecule has 0 spiro atoms. The van der Waals surface area contributed by atoms with Crippen LogP contribution in [0.5, 0.6) is 0 Å². The van der Waals surface area contributed by atoms with Gasteiger partial charge in [0.25, 0.3) is 0 Å². The van der Waals surface area contributed by atoms with Crippen molar-refractivity contribution in [1.29, 1.82) is 0 Å². The fourth-order valence-corrected chi connectivity index (χ4v) is 12.3. The van der Waals surface area contributed by atoms with E-state index in [0.717, 1.165) is 88.7 Å². The average Bonchev–Trinajstić information content (AvgIpc) is 3.94. The molecule has 6 atom stereocenters. The zero-order valence-corrected chi connectivity index (χ0v) is 34.8. The van der Waals surface area contributed by atoms with Crippen LogP contribution in [0, 0.1) is 42.4 Å². The van der Waals surface area contributed by atoms with E-state index in [2.05, 4.69) is 86.9 Å². The molecule has 6 unspecified atom stereocenters. The molecule has 0 amide bonds. The number of anilines is 3. The molecule has 6 bridgehead atoms. The van der Waals surface area contributed by atoms with E-state index in [4.69, 9.17) is 4.98 Å². The van der Waals surface area contributed by atoms with E-state index in [-0.39, 0.29) is 0 Å². The monoisotopic (exact) mass is 747 g/mol. The van der Waals surface area contributed by atoms with E-state index in [1.165, 1.54) is 82.2 Å². The summed E-state index contributed by atoms with van der Waals surface area (Å²) in [7, 11) is 0. The summed E-state index contributed by atoms with van der Waals surface area (Å²) < 4.78 is 8.78. The van der Waals surface area contributed by atoms with Gasteiger partial charge in [-0.05, 0) is 119 Å². The van der Waals surface area contributed by atoms with Gasteiger partial charge in [0.2, 0.25) is 10.3 Å². The smallest absolute Gasteiger partial charge is 0.205 e. The Kier molecular flexibility index (Phi) is 12.1. The van der Waals surface area contributed by atoms with Crippen molar-refractivity contribution in [3.8, 4) is 0 Å². The van der Waals surface area contributed by atoms with Crippen molar-refractivity contribution < 1.29 is 0 Å². The van der Waals surface area contributed by atoms with Gasteiger partial charge in [0, 0.05) is 78.1 Å². The van der Waals surface area contributed by atoms with Crippen molar-refractivity contribution in [2.45, 2.75) is 175 Å². The summed E-state index contributed by atoms with van der Waals surface area (Å²) in [5.74, 6) is 8.24. The van der Waals surface area contributed by atoms with Crippen molar-refractivity contribution in [2.75, 3.05) is 14.7 Å². The average molecular weight is 748 g/mol. The maximum Gasteiger partial charge on any atom is 0.205 e. The van der Waals surface area contributed by atoms with E-state index in [1.54, 1.807) is 29.3 Å². The number of aromatic nitrogens is 6. The second-order valence-electron chi connectivity index (χ2n) is 17.8. The third-order valence-corrected chi connectivity index (χ3v) is 15.3. The van der Waals surface area contributed by atoms with Gasteiger partial charge in [0.15, 0.2) is 0 Å². The lowest BCUT2D eigenvalue weighted by atomic mass is 9.83. The molecule has 6 aliphatic heterocycles. The van der Waals surface area contributed by atoms with Gasteiger partial charge < -0.3 is 14.7 Å². The van der Waals surface area contributed by atoms with Crippen LogP contribution >= 0.6 is 23.1 Å². The Morgan fingerprint density at radius 1 is 0.596 bits per heavy atom. The molecule has 6 aliphatic rings. The Morgan fingerprint density at radius 2 is 1.02 bits per heavy atom. The van der Waals surface area contributed by atoms with Crippen LogP contribution in [-0.4, -0.2) is 64.9 Å². The Morgan fingerprint density at radius 3 is 1.37 bits per heavy atom. The highest BCUT2D eigenvalue weighted by Crippen LogP contribution is 2.46. The predicted molar refractivity (Wildman–Crippen MR) is 217 cm³/mol. The highest BCUT2D eigenvalue weighted by atomic mass is 32.1. The maximum absolute atomic E-state index is 4.70. The molecule has 11 heteroatoms. The molecule has 52 heavy (non-hydrogen) atoms. The van der Waals surface area contributed by atoms with Crippen LogP contribution in [0.25, 0.3) is 0 Å². The van der Waals surface area contributed by atoms with Gasteiger partial charge in [0.05, 0.1) is 6.20 Å². The Balaban J connectivity index is 0.000000121. The van der Waals surface area contributed by atoms with Crippen molar-refractivity contribution in [1.82, 2.24) is 28.7 Å². The lowest BCUT2D eigenvalue weighted by molar-refractivity contribution is 0.266. The van der Waals surface area contributed by atoms with Crippen LogP contribution < -0.4 is 14.7 Å². The van der Waals surface area contributed by atoms with Crippen molar-refractivity contribution in [2.24, 2.45) is 35.5 Å². The van der Waals surface area contributed by atoms with Gasteiger partial charge in [-0.15, -0.1) is 0 Å². The highest BCUT2D eigenvalue weighted by molar-refractivity contribution is 7.10. The molecule has 0 aromatic carbocycles. The first-order valence-electron chi connectivity index (χ1n) is 20.8. The van der Waals surface area contributed by atoms with Crippen LogP contribution in [0.1, 0.15) is 137 Å². The standard InChI is InChI=1S/C14H23N3S.C14H21N3.C13H21N3S/c1-4-13-15-14(18-16-13)17-11-5-6-12(17)8-10(7-11)9(2)3;1-10(2)11-7-12-3-4-13(8-11)17(12)14-9-15-5-6-16-14;1-8(2)10-6-11-4-5-12(7-10)16(11)13-14-9(3)15-17-13/h9-12H,4-8H2,1-3H3;5-6,9-13H,3-4,7-8H2,1-2H3;8,10-12H,4-7H2,1-3H3. The molecular formula is C41H65N9S2. The lowest BCUT2D eigenvalue weighted by Crippen LogP contribution is -2.44. The summed E-state index contributed by atoms with van der Waals surface area (Å²) in [5, 5.41) is 2.35. The summed E-state index contributed by atoms with van der Waals surface area (Å²) in [5.41, 5.74) is 0. The molecule has 9 heterocycles. The van der Waals surface area contributed by atoms with E-state index < -0.39 is 0 Å². The Hall–Kier alpha value is -2.40. The SMILES string of the molecule is CC(C)C1CC2CCC(C1)N2c1cnccn1.CCc1nsc(N2C3CCC2CC(C(C)C)C3)n1.Cc1nsc(N2C3CCC2CC(C(C)C)C3)n1. The first-order chi connectivity index (χ1) is 25.1. The van der Waals surface area contributed by atoms with Crippen LogP contribution in [0.4, 0.5) is 16.1 Å². The molecule has 6 fully saturated rings. The first kappa shape index (κ1) is 37.9.